The number of nitrogens with one attached hydrogen (secondary N) is 1. The molecule has 186 valence electrons. The van der Waals surface area contributed by atoms with E-state index in [1.807, 2.05) is 31.1 Å². The minimum atomic E-state index is -0.388. The van der Waals surface area contributed by atoms with Gasteiger partial charge in [-0.2, -0.15) is 0 Å². The maximum Gasteiger partial charge on any atom is 0.337 e. The fraction of sp³-hybridized carbons (Fsp3) is 0.448. The second kappa shape index (κ2) is 10.5. The summed E-state index contributed by atoms with van der Waals surface area (Å²) in [5, 5.41) is 1.14. The third-order valence-corrected chi connectivity index (χ3v) is 7.55. The van der Waals surface area contributed by atoms with Gasteiger partial charge in [0, 0.05) is 47.6 Å². The number of esters is 1. The Bertz CT molecular complexity index is 1210. The predicted molar refractivity (Wildman–Crippen MR) is 138 cm³/mol. The molecule has 2 unspecified atom stereocenters. The molecule has 4 rings (SSSR count). The molecule has 1 aromatic heterocycles. The number of amides is 1. The lowest BCUT2D eigenvalue weighted by Gasteiger charge is -2.27. The summed E-state index contributed by atoms with van der Waals surface area (Å²) in [6, 6.07) is 12.2. The summed E-state index contributed by atoms with van der Waals surface area (Å²) in [6.07, 6.45) is 7.43. The Hall–Kier alpha value is -3.28. The fourth-order valence-corrected chi connectivity index (χ4v) is 5.42. The quantitative estimate of drug-likeness (QED) is 0.424. The number of fused-ring (bicyclic) bond motifs is 1. The first-order valence-electron chi connectivity index (χ1n) is 12.5. The lowest BCUT2D eigenvalue weighted by molar-refractivity contribution is -0.135. The lowest BCUT2D eigenvalue weighted by Crippen LogP contribution is -2.39. The summed E-state index contributed by atoms with van der Waals surface area (Å²) in [7, 11) is 4.94. The number of benzene rings is 2. The largest absolute Gasteiger partial charge is 0.496 e. The second-order valence-corrected chi connectivity index (χ2v) is 9.79. The molecule has 6 heteroatoms. The molecule has 1 aliphatic carbocycles. The van der Waals surface area contributed by atoms with E-state index in [4.69, 9.17) is 9.47 Å². The van der Waals surface area contributed by atoms with E-state index in [9.17, 15) is 9.59 Å². The van der Waals surface area contributed by atoms with Gasteiger partial charge in [-0.3, -0.25) is 4.79 Å². The van der Waals surface area contributed by atoms with Gasteiger partial charge in [-0.05, 0) is 54.7 Å². The Kier molecular flexibility index (Phi) is 7.48. The highest BCUT2D eigenvalue weighted by atomic mass is 16.5. The third kappa shape index (κ3) is 5.07. The van der Waals surface area contributed by atoms with E-state index in [1.54, 1.807) is 19.2 Å². The van der Waals surface area contributed by atoms with Gasteiger partial charge in [-0.15, -0.1) is 0 Å². The van der Waals surface area contributed by atoms with Crippen molar-refractivity contribution < 1.29 is 19.1 Å². The Morgan fingerprint density at radius 2 is 1.80 bits per heavy atom. The Morgan fingerprint density at radius 3 is 2.49 bits per heavy atom. The molecule has 1 amide bonds. The third-order valence-electron chi connectivity index (χ3n) is 7.55. The molecule has 0 saturated heterocycles. The number of methoxy groups -OCH3 is 2. The number of hydrogen-bond donors (Lipinski definition) is 1. The summed E-state index contributed by atoms with van der Waals surface area (Å²) < 4.78 is 10.5. The summed E-state index contributed by atoms with van der Waals surface area (Å²) in [5.41, 5.74) is 4.81. The Morgan fingerprint density at radius 1 is 1.06 bits per heavy atom. The van der Waals surface area contributed by atoms with Crippen LogP contribution in [0.2, 0.25) is 0 Å². The van der Waals surface area contributed by atoms with Crippen LogP contribution in [-0.4, -0.2) is 49.1 Å². The number of hydrogen-bond acceptors (Lipinski definition) is 4. The first-order chi connectivity index (χ1) is 16.8. The van der Waals surface area contributed by atoms with Gasteiger partial charge in [0.25, 0.3) is 0 Å². The molecule has 0 bridgehead atoms. The van der Waals surface area contributed by atoms with E-state index < -0.39 is 0 Å². The van der Waals surface area contributed by atoms with Crippen molar-refractivity contribution in [1.82, 2.24) is 9.88 Å². The Labute approximate surface area is 207 Å². The number of aromatic amines is 1. The maximum absolute atomic E-state index is 13.0. The molecule has 0 spiro atoms. The molecule has 6 nitrogen and oxygen atoms in total. The van der Waals surface area contributed by atoms with Gasteiger partial charge in [0.2, 0.25) is 5.91 Å². The van der Waals surface area contributed by atoms with E-state index >= 15 is 0 Å². The van der Waals surface area contributed by atoms with Crippen molar-refractivity contribution in [2.45, 2.75) is 57.9 Å². The molecule has 1 N–H and O–H groups in total. The van der Waals surface area contributed by atoms with Gasteiger partial charge in [-0.25, -0.2) is 4.79 Å². The van der Waals surface area contributed by atoms with Crippen LogP contribution in [0.3, 0.4) is 0 Å². The normalized spacial score (nSPS) is 15.7. The van der Waals surface area contributed by atoms with E-state index in [0.717, 1.165) is 40.4 Å². The average molecular weight is 477 g/mol. The van der Waals surface area contributed by atoms with Crippen LogP contribution in [0.25, 0.3) is 10.9 Å². The zero-order chi connectivity index (χ0) is 25.1. The molecular weight excluding hydrogens is 440 g/mol. The van der Waals surface area contributed by atoms with Gasteiger partial charge in [0.1, 0.15) is 5.75 Å². The molecule has 1 aliphatic rings. The van der Waals surface area contributed by atoms with Crippen molar-refractivity contribution in [3.8, 4) is 5.75 Å². The van der Waals surface area contributed by atoms with Crippen LogP contribution in [0, 0.1) is 5.92 Å². The summed E-state index contributed by atoms with van der Waals surface area (Å²) in [4.78, 5) is 30.4. The van der Waals surface area contributed by atoms with Crippen LogP contribution >= 0.6 is 0 Å². The molecule has 2 atom stereocenters. The van der Waals surface area contributed by atoms with E-state index in [2.05, 4.69) is 30.1 Å². The summed E-state index contributed by atoms with van der Waals surface area (Å²) in [5.74, 6) is 0.466. The second-order valence-electron chi connectivity index (χ2n) is 9.79. The summed E-state index contributed by atoms with van der Waals surface area (Å²) in [6.45, 7) is 4.17. The zero-order valence-electron chi connectivity index (χ0n) is 21.4. The minimum absolute atomic E-state index is 0.0354. The van der Waals surface area contributed by atoms with Crippen molar-refractivity contribution >= 4 is 22.8 Å². The average Bonchev–Trinajstić information content (AvgIpc) is 3.56. The predicted octanol–water partition coefficient (Wildman–Crippen LogP) is 5.69. The number of carbonyl (C=O) groups is 2. The molecule has 1 saturated carbocycles. The Balaban J connectivity index is 1.57. The van der Waals surface area contributed by atoms with Gasteiger partial charge in [0.05, 0.1) is 19.8 Å². The highest BCUT2D eigenvalue weighted by Crippen LogP contribution is 2.36. The van der Waals surface area contributed by atoms with Crippen LogP contribution in [0.4, 0.5) is 0 Å². The van der Waals surface area contributed by atoms with Gasteiger partial charge < -0.3 is 19.4 Å². The number of aromatic nitrogens is 1. The molecule has 3 aromatic rings. The van der Waals surface area contributed by atoms with Crippen LogP contribution in [0.5, 0.6) is 5.75 Å². The number of rotatable bonds is 8. The van der Waals surface area contributed by atoms with Crippen molar-refractivity contribution in [1.29, 1.82) is 0 Å². The van der Waals surface area contributed by atoms with E-state index in [-0.39, 0.29) is 23.7 Å². The maximum atomic E-state index is 13.0. The number of carbonyl (C=O) groups excluding carboxylic acids is 2. The summed E-state index contributed by atoms with van der Waals surface area (Å²) >= 11 is 0. The molecule has 0 radical (unpaired) electrons. The van der Waals surface area contributed by atoms with Crippen LogP contribution in [0.15, 0.2) is 42.6 Å². The van der Waals surface area contributed by atoms with Crippen molar-refractivity contribution in [2.24, 2.45) is 5.92 Å². The van der Waals surface area contributed by atoms with Crippen molar-refractivity contribution in [3.63, 3.8) is 0 Å². The van der Waals surface area contributed by atoms with Crippen LogP contribution < -0.4 is 4.74 Å². The SMILES string of the molecule is COC(=O)c1ccc(C(C)c2c[nH]c3ccc(CC(C)C(=O)N(C)C4CCCC4)cc23)c(OC)c1. The molecule has 0 aliphatic heterocycles. The first kappa shape index (κ1) is 24.8. The molecule has 1 heterocycles. The standard InChI is InChI=1S/C29H36N2O4/c1-18(28(32)31(3)22-8-6-7-9-22)14-20-10-13-26-24(15-20)25(17-30-26)19(2)23-12-11-21(29(33)35-5)16-27(23)34-4/h10-13,15-19,22,30H,6-9,14H2,1-5H3. The molecular formula is C29H36N2O4. The molecule has 1 fully saturated rings. The van der Waals surface area contributed by atoms with E-state index in [1.165, 1.54) is 20.0 Å². The topological polar surface area (TPSA) is 71.6 Å². The lowest BCUT2D eigenvalue weighted by atomic mass is 9.90. The van der Waals surface area contributed by atoms with Crippen LogP contribution in [-0.2, 0) is 16.0 Å². The first-order valence-corrected chi connectivity index (χ1v) is 12.5. The van der Waals surface area contributed by atoms with Gasteiger partial charge >= 0.3 is 5.97 Å². The number of nitrogens with zero attached hydrogens (tertiary/aromatic N) is 1. The highest BCUT2D eigenvalue weighted by Gasteiger charge is 2.27. The fourth-order valence-electron chi connectivity index (χ4n) is 5.42. The molecule has 35 heavy (non-hydrogen) atoms. The monoisotopic (exact) mass is 476 g/mol. The smallest absolute Gasteiger partial charge is 0.337 e. The van der Waals surface area contributed by atoms with Crippen molar-refractivity contribution in [2.75, 3.05) is 21.3 Å². The van der Waals surface area contributed by atoms with E-state index in [0.29, 0.717) is 23.8 Å². The zero-order valence-corrected chi connectivity index (χ0v) is 21.4. The van der Waals surface area contributed by atoms with Crippen molar-refractivity contribution in [3.05, 3.63) is 64.8 Å². The minimum Gasteiger partial charge on any atom is -0.496 e. The van der Waals surface area contributed by atoms with Crippen LogP contribution in [0.1, 0.15) is 72.5 Å². The number of ether oxygens (including phenoxy) is 2. The number of H-pyrrole nitrogens is 1. The molecule has 2 aromatic carbocycles. The highest BCUT2D eigenvalue weighted by molar-refractivity contribution is 5.90. The van der Waals surface area contributed by atoms with Gasteiger partial charge in [0.15, 0.2) is 0 Å². The van der Waals surface area contributed by atoms with Gasteiger partial charge in [-0.1, -0.05) is 38.8 Å².